The highest BCUT2D eigenvalue weighted by atomic mass is 16.5. The minimum Gasteiger partial charge on any atom is -0.396 e. The van der Waals surface area contributed by atoms with Gasteiger partial charge in [-0.15, -0.1) is 0 Å². The van der Waals surface area contributed by atoms with E-state index in [0.717, 1.165) is 45.3 Å². The van der Waals surface area contributed by atoms with Crippen molar-refractivity contribution >= 4 is 0 Å². The summed E-state index contributed by atoms with van der Waals surface area (Å²) in [4.78, 5) is 0. The van der Waals surface area contributed by atoms with Gasteiger partial charge in [0.1, 0.15) is 6.10 Å². The molecule has 2 atom stereocenters. The minimum absolute atomic E-state index is 0.0190. The first kappa shape index (κ1) is 23.8. The van der Waals surface area contributed by atoms with E-state index >= 15 is 0 Å². The molecule has 6 nitrogen and oxygen atoms in total. The average Bonchev–Trinajstić information content (AvgIpc) is 2.59. The van der Waals surface area contributed by atoms with E-state index in [-0.39, 0.29) is 13.2 Å². The third-order valence-electron chi connectivity index (χ3n) is 3.55. The van der Waals surface area contributed by atoms with Crippen LogP contribution in [0, 0.1) is 0 Å². The fraction of sp³-hybridized carbons (Fsp3) is 1.00. The highest BCUT2D eigenvalue weighted by Gasteiger charge is 2.19. The summed E-state index contributed by atoms with van der Waals surface area (Å²) in [7, 11) is 0. The molecule has 24 heavy (non-hydrogen) atoms. The topological polar surface area (TPSA) is 77.4 Å². The third kappa shape index (κ3) is 15.3. The largest absolute Gasteiger partial charge is 0.396 e. The number of rotatable bonds is 19. The first-order valence-corrected chi connectivity index (χ1v) is 9.39. The van der Waals surface area contributed by atoms with Crippen LogP contribution < -0.4 is 0 Å². The van der Waals surface area contributed by atoms with Crippen LogP contribution in [-0.4, -0.2) is 75.3 Å². The van der Waals surface area contributed by atoms with Crippen LogP contribution in [0.15, 0.2) is 0 Å². The van der Waals surface area contributed by atoms with Crippen molar-refractivity contribution in [2.24, 2.45) is 0 Å². The predicted molar refractivity (Wildman–Crippen MR) is 94.3 cm³/mol. The lowest BCUT2D eigenvalue weighted by Gasteiger charge is -2.22. The van der Waals surface area contributed by atoms with E-state index in [9.17, 15) is 5.11 Å². The number of hydrogen-bond donors (Lipinski definition) is 2. The lowest BCUT2D eigenvalue weighted by atomic mass is 10.1. The van der Waals surface area contributed by atoms with Crippen LogP contribution in [0.3, 0.4) is 0 Å². The SMILES string of the molecule is CCCCOCCCOC(CCO)C(O)COCCOCCCC. The van der Waals surface area contributed by atoms with Gasteiger partial charge in [-0.05, 0) is 25.7 Å². The van der Waals surface area contributed by atoms with Crippen LogP contribution in [0.25, 0.3) is 0 Å². The summed E-state index contributed by atoms with van der Waals surface area (Å²) in [5, 5.41) is 19.2. The number of aliphatic hydroxyl groups excluding tert-OH is 2. The number of ether oxygens (including phenoxy) is 4. The lowest BCUT2D eigenvalue weighted by Crippen LogP contribution is -2.34. The Morgan fingerprint density at radius 3 is 1.96 bits per heavy atom. The molecule has 0 aliphatic heterocycles. The van der Waals surface area contributed by atoms with E-state index in [4.69, 9.17) is 24.1 Å². The molecule has 0 aliphatic rings. The number of aliphatic hydroxyl groups is 2. The lowest BCUT2D eigenvalue weighted by molar-refractivity contribution is -0.0866. The van der Waals surface area contributed by atoms with Crippen LogP contribution in [-0.2, 0) is 18.9 Å². The van der Waals surface area contributed by atoms with Crippen molar-refractivity contribution in [3.05, 3.63) is 0 Å². The Morgan fingerprint density at radius 1 is 0.750 bits per heavy atom. The second-order valence-corrected chi connectivity index (χ2v) is 5.85. The molecule has 0 rings (SSSR count). The Morgan fingerprint density at radius 2 is 1.33 bits per heavy atom. The molecule has 0 aromatic rings. The van der Waals surface area contributed by atoms with Gasteiger partial charge in [-0.3, -0.25) is 0 Å². The van der Waals surface area contributed by atoms with Gasteiger partial charge < -0.3 is 29.2 Å². The van der Waals surface area contributed by atoms with E-state index in [1.54, 1.807) is 0 Å². The monoisotopic (exact) mass is 350 g/mol. The van der Waals surface area contributed by atoms with Crippen LogP contribution >= 0.6 is 0 Å². The molecule has 146 valence electrons. The van der Waals surface area contributed by atoms with Crippen molar-refractivity contribution in [1.82, 2.24) is 0 Å². The fourth-order valence-corrected chi connectivity index (χ4v) is 2.04. The second kappa shape index (κ2) is 19.1. The smallest absolute Gasteiger partial charge is 0.103 e. The Bertz CT molecular complexity index is 240. The van der Waals surface area contributed by atoms with Crippen LogP contribution in [0.1, 0.15) is 52.4 Å². The molecule has 0 aromatic heterocycles. The molecule has 0 saturated carbocycles. The highest BCUT2D eigenvalue weighted by Crippen LogP contribution is 2.06. The molecule has 0 fully saturated rings. The standard InChI is InChI=1S/C18H38O6/c1-3-5-10-21-12-7-13-24-18(8-9-19)17(20)16-23-15-14-22-11-6-4-2/h17-20H,3-16H2,1-2H3. The van der Waals surface area contributed by atoms with E-state index in [1.807, 2.05) is 0 Å². The maximum absolute atomic E-state index is 10.1. The van der Waals surface area contributed by atoms with Gasteiger partial charge in [0.05, 0.1) is 25.9 Å². The maximum Gasteiger partial charge on any atom is 0.103 e. The molecule has 0 bridgehead atoms. The van der Waals surface area contributed by atoms with Crippen molar-refractivity contribution < 1.29 is 29.2 Å². The van der Waals surface area contributed by atoms with Gasteiger partial charge in [0.2, 0.25) is 0 Å². The Hall–Kier alpha value is -0.240. The average molecular weight is 350 g/mol. The fourth-order valence-electron chi connectivity index (χ4n) is 2.04. The molecule has 0 spiro atoms. The zero-order valence-corrected chi connectivity index (χ0v) is 15.6. The predicted octanol–water partition coefficient (Wildman–Crippen LogP) is 2.15. The zero-order valence-electron chi connectivity index (χ0n) is 15.6. The Kier molecular flexibility index (Phi) is 18.9. The van der Waals surface area contributed by atoms with Crippen LogP contribution in [0.4, 0.5) is 0 Å². The first-order chi connectivity index (χ1) is 11.8. The molecule has 0 heterocycles. The summed E-state index contributed by atoms with van der Waals surface area (Å²) < 4.78 is 21.9. The highest BCUT2D eigenvalue weighted by molar-refractivity contribution is 4.68. The van der Waals surface area contributed by atoms with E-state index in [1.165, 1.54) is 0 Å². The summed E-state index contributed by atoms with van der Waals surface area (Å²) in [6.07, 6.45) is 4.40. The molecule has 0 amide bonds. The molecular weight excluding hydrogens is 312 g/mol. The van der Waals surface area contributed by atoms with Gasteiger partial charge in [-0.25, -0.2) is 0 Å². The summed E-state index contributed by atoms with van der Waals surface area (Å²) in [6, 6.07) is 0. The Labute approximate surface area is 147 Å². The van der Waals surface area contributed by atoms with Gasteiger partial charge in [0.25, 0.3) is 0 Å². The van der Waals surface area contributed by atoms with E-state index in [0.29, 0.717) is 32.8 Å². The van der Waals surface area contributed by atoms with E-state index < -0.39 is 12.2 Å². The van der Waals surface area contributed by atoms with Crippen LogP contribution in [0.5, 0.6) is 0 Å². The summed E-state index contributed by atoms with van der Waals surface area (Å²) >= 11 is 0. The Balaban J connectivity index is 3.67. The molecule has 0 aromatic carbocycles. The first-order valence-electron chi connectivity index (χ1n) is 9.39. The van der Waals surface area contributed by atoms with Crippen LogP contribution in [0.2, 0.25) is 0 Å². The van der Waals surface area contributed by atoms with Gasteiger partial charge >= 0.3 is 0 Å². The normalized spacial score (nSPS) is 14.0. The third-order valence-corrected chi connectivity index (χ3v) is 3.55. The van der Waals surface area contributed by atoms with Crippen molar-refractivity contribution in [3.8, 4) is 0 Å². The molecular formula is C18H38O6. The summed E-state index contributed by atoms with van der Waals surface area (Å²) in [5.41, 5.74) is 0. The molecule has 0 aliphatic carbocycles. The summed E-state index contributed by atoms with van der Waals surface area (Å²) in [6.45, 7) is 8.12. The van der Waals surface area contributed by atoms with Gasteiger partial charge in [0.15, 0.2) is 0 Å². The molecule has 6 heteroatoms. The molecule has 0 saturated heterocycles. The summed E-state index contributed by atoms with van der Waals surface area (Å²) in [5.74, 6) is 0. The quantitative estimate of drug-likeness (QED) is 0.348. The number of unbranched alkanes of at least 4 members (excludes halogenated alkanes) is 2. The van der Waals surface area contributed by atoms with Gasteiger partial charge in [-0.1, -0.05) is 26.7 Å². The van der Waals surface area contributed by atoms with Crippen molar-refractivity contribution in [1.29, 1.82) is 0 Å². The van der Waals surface area contributed by atoms with Crippen molar-refractivity contribution in [3.63, 3.8) is 0 Å². The minimum atomic E-state index is -0.742. The van der Waals surface area contributed by atoms with Crippen molar-refractivity contribution in [2.75, 3.05) is 52.9 Å². The maximum atomic E-state index is 10.1. The van der Waals surface area contributed by atoms with Gasteiger partial charge in [-0.2, -0.15) is 0 Å². The zero-order chi connectivity index (χ0) is 17.9. The number of hydrogen-bond acceptors (Lipinski definition) is 6. The van der Waals surface area contributed by atoms with Crippen molar-refractivity contribution in [2.45, 2.75) is 64.6 Å². The molecule has 2 N–H and O–H groups in total. The molecule has 2 unspecified atom stereocenters. The molecule has 0 radical (unpaired) electrons. The second-order valence-electron chi connectivity index (χ2n) is 5.85. The van der Waals surface area contributed by atoms with Gasteiger partial charge in [0, 0.05) is 33.0 Å². The van der Waals surface area contributed by atoms with E-state index in [2.05, 4.69) is 13.8 Å².